The number of halogens is 2. The topological polar surface area (TPSA) is 95.1 Å². The summed E-state index contributed by atoms with van der Waals surface area (Å²) in [6.07, 6.45) is 0. The van der Waals surface area contributed by atoms with Crippen LogP contribution in [0.25, 0.3) is 11.4 Å². The standard InChI is InChI=1S/C20H17Cl2N5O2/c1-10-16(18(23)28)17(14-8-5-12(21)9-15(14)22)27-20(24-10)25-19(26-27)11-3-6-13(29-2)7-4-11/h3-9,17H,1-2H3,(H2,23,28)(H,24,25,26). The molecule has 0 saturated heterocycles. The Bertz CT molecular complexity index is 1140. The van der Waals surface area contributed by atoms with Crippen molar-refractivity contribution >= 4 is 35.1 Å². The molecule has 0 spiro atoms. The van der Waals surface area contributed by atoms with Crippen LogP contribution in [0, 0.1) is 0 Å². The summed E-state index contributed by atoms with van der Waals surface area (Å²) in [4.78, 5) is 16.9. The van der Waals surface area contributed by atoms with E-state index < -0.39 is 11.9 Å². The minimum Gasteiger partial charge on any atom is -0.497 e. The van der Waals surface area contributed by atoms with Crippen molar-refractivity contribution < 1.29 is 9.53 Å². The molecule has 0 fully saturated rings. The predicted octanol–water partition coefficient (Wildman–Crippen LogP) is 4.03. The molecular formula is C20H17Cl2N5O2. The Morgan fingerprint density at radius 1 is 1.21 bits per heavy atom. The number of fused-ring (bicyclic) bond motifs is 1. The highest BCUT2D eigenvalue weighted by Crippen LogP contribution is 2.39. The summed E-state index contributed by atoms with van der Waals surface area (Å²) in [5.41, 5.74) is 8.09. The molecule has 1 unspecified atom stereocenters. The average molecular weight is 430 g/mol. The van der Waals surface area contributed by atoms with Crippen molar-refractivity contribution in [3.63, 3.8) is 0 Å². The van der Waals surface area contributed by atoms with E-state index in [0.29, 0.717) is 38.7 Å². The summed E-state index contributed by atoms with van der Waals surface area (Å²) >= 11 is 12.5. The number of allylic oxidation sites excluding steroid dienone is 1. The van der Waals surface area contributed by atoms with E-state index in [-0.39, 0.29) is 0 Å². The van der Waals surface area contributed by atoms with Gasteiger partial charge in [-0.05, 0) is 43.3 Å². The summed E-state index contributed by atoms with van der Waals surface area (Å²) in [5.74, 6) is 1.13. The van der Waals surface area contributed by atoms with Crippen LogP contribution >= 0.6 is 23.2 Å². The molecule has 2 aromatic carbocycles. The van der Waals surface area contributed by atoms with Crippen LogP contribution in [0.3, 0.4) is 0 Å². The molecule has 0 aliphatic carbocycles. The molecule has 7 nitrogen and oxygen atoms in total. The number of nitrogens with zero attached hydrogens (tertiary/aromatic N) is 3. The maximum absolute atomic E-state index is 12.3. The molecule has 0 radical (unpaired) electrons. The molecule has 1 aliphatic rings. The van der Waals surface area contributed by atoms with Crippen molar-refractivity contribution in [3.8, 4) is 17.1 Å². The van der Waals surface area contributed by atoms with Crippen molar-refractivity contribution in [3.05, 3.63) is 69.3 Å². The van der Waals surface area contributed by atoms with E-state index >= 15 is 0 Å². The van der Waals surface area contributed by atoms with Gasteiger partial charge in [0.25, 0.3) is 0 Å². The van der Waals surface area contributed by atoms with Gasteiger partial charge in [0.15, 0.2) is 5.82 Å². The van der Waals surface area contributed by atoms with Crippen molar-refractivity contribution in [1.29, 1.82) is 0 Å². The third-order valence-corrected chi connectivity index (χ3v) is 5.29. The van der Waals surface area contributed by atoms with Gasteiger partial charge in [-0.2, -0.15) is 4.98 Å². The molecule has 0 bridgehead atoms. The van der Waals surface area contributed by atoms with E-state index in [4.69, 9.17) is 33.7 Å². The van der Waals surface area contributed by atoms with E-state index in [1.165, 1.54) is 0 Å². The third-order valence-electron chi connectivity index (χ3n) is 4.72. The van der Waals surface area contributed by atoms with Crippen LogP contribution in [0.2, 0.25) is 10.0 Å². The summed E-state index contributed by atoms with van der Waals surface area (Å²) in [5, 5.41) is 8.64. The predicted molar refractivity (Wildman–Crippen MR) is 112 cm³/mol. The molecule has 3 N–H and O–H groups in total. The molecule has 148 valence electrons. The first-order valence-corrected chi connectivity index (χ1v) is 9.48. The molecule has 0 saturated carbocycles. The number of carbonyl (C=O) groups excluding carboxylic acids is 1. The first-order valence-electron chi connectivity index (χ1n) is 8.72. The van der Waals surface area contributed by atoms with E-state index in [2.05, 4.69) is 15.4 Å². The molecule has 29 heavy (non-hydrogen) atoms. The number of anilines is 1. The Balaban J connectivity index is 1.87. The van der Waals surface area contributed by atoms with Crippen LogP contribution in [0.15, 0.2) is 53.7 Å². The Morgan fingerprint density at radius 2 is 1.93 bits per heavy atom. The summed E-state index contributed by atoms with van der Waals surface area (Å²) in [7, 11) is 1.60. The van der Waals surface area contributed by atoms with Gasteiger partial charge >= 0.3 is 0 Å². The highest BCUT2D eigenvalue weighted by atomic mass is 35.5. The molecule has 4 rings (SSSR count). The summed E-state index contributed by atoms with van der Waals surface area (Å²) in [6.45, 7) is 1.77. The quantitative estimate of drug-likeness (QED) is 0.652. The Morgan fingerprint density at radius 3 is 2.55 bits per heavy atom. The largest absolute Gasteiger partial charge is 0.497 e. The fraction of sp³-hybridized carbons (Fsp3) is 0.150. The highest BCUT2D eigenvalue weighted by Gasteiger charge is 2.34. The number of primary amides is 1. The Hall–Kier alpha value is -3.03. The molecule has 1 amide bonds. The normalized spacial score (nSPS) is 15.7. The van der Waals surface area contributed by atoms with Crippen LogP contribution in [0.4, 0.5) is 5.95 Å². The van der Waals surface area contributed by atoms with Gasteiger partial charge in [-0.15, -0.1) is 5.10 Å². The van der Waals surface area contributed by atoms with Gasteiger partial charge in [0.2, 0.25) is 11.9 Å². The number of carbonyl (C=O) groups is 1. The van der Waals surface area contributed by atoms with Gasteiger partial charge in [0, 0.05) is 26.9 Å². The smallest absolute Gasteiger partial charge is 0.248 e. The SMILES string of the molecule is COc1ccc(-c2nc3n(n2)C(c2ccc(Cl)cc2Cl)C(C(N)=O)=C(C)N3)cc1. The maximum atomic E-state index is 12.3. The van der Waals surface area contributed by atoms with E-state index in [1.54, 1.807) is 36.9 Å². The average Bonchev–Trinajstić information content (AvgIpc) is 3.10. The van der Waals surface area contributed by atoms with Gasteiger partial charge in [0.1, 0.15) is 11.8 Å². The second-order valence-electron chi connectivity index (χ2n) is 6.53. The number of amides is 1. The van der Waals surface area contributed by atoms with E-state index in [9.17, 15) is 4.79 Å². The fourth-order valence-electron chi connectivity index (χ4n) is 3.34. The molecular weight excluding hydrogens is 413 g/mol. The number of rotatable bonds is 4. The number of nitrogens with one attached hydrogen (secondary N) is 1. The molecule has 2 heterocycles. The second-order valence-corrected chi connectivity index (χ2v) is 7.37. The lowest BCUT2D eigenvalue weighted by atomic mass is 9.95. The van der Waals surface area contributed by atoms with E-state index in [1.807, 2.05) is 24.3 Å². The number of aromatic nitrogens is 3. The first kappa shape index (κ1) is 19.3. The molecule has 1 aromatic heterocycles. The number of nitrogens with two attached hydrogens (primary N) is 1. The lowest BCUT2D eigenvalue weighted by Crippen LogP contribution is -2.32. The Kier molecular flexibility index (Phi) is 4.94. The zero-order chi connectivity index (χ0) is 20.7. The monoisotopic (exact) mass is 429 g/mol. The Labute approximate surface area is 177 Å². The van der Waals surface area contributed by atoms with Gasteiger partial charge in [-0.3, -0.25) is 4.79 Å². The van der Waals surface area contributed by atoms with Crippen LogP contribution in [-0.2, 0) is 4.79 Å². The number of ether oxygens (including phenoxy) is 1. The number of methoxy groups -OCH3 is 1. The van der Waals surface area contributed by atoms with Crippen molar-refractivity contribution in [2.45, 2.75) is 13.0 Å². The number of hydrogen-bond acceptors (Lipinski definition) is 5. The number of benzene rings is 2. The zero-order valence-corrected chi connectivity index (χ0v) is 17.1. The van der Waals surface area contributed by atoms with Crippen LogP contribution in [-0.4, -0.2) is 27.8 Å². The minimum atomic E-state index is -0.631. The van der Waals surface area contributed by atoms with Crippen molar-refractivity contribution in [1.82, 2.24) is 14.8 Å². The summed E-state index contributed by atoms with van der Waals surface area (Å²) in [6, 6.07) is 11.8. The van der Waals surface area contributed by atoms with Crippen LogP contribution in [0.1, 0.15) is 18.5 Å². The lowest BCUT2D eigenvalue weighted by Gasteiger charge is -2.28. The van der Waals surface area contributed by atoms with Crippen LogP contribution in [0.5, 0.6) is 5.75 Å². The molecule has 1 aliphatic heterocycles. The van der Waals surface area contributed by atoms with Gasteiger partial charge in [-0.1, -0.05) is 29.3 Å². The van der Waals surface area contributed by atoms with Crippen LogP contribution < -0.4 is 15.8 Å². The molecule has 9 heteroatoms. The maximum Gasteiger partial charge on any atom is 0.248 e. The fourth-order valence-corrected chi connectivity index (χ4v) is 3.86. The third kappa shape index (κ3) is 3.43. The van der Waals surface area contributed by atoms with Gasteiger partial charge in [0.05, 0.1) is 12.7 Å². The summed E-state index contributed by atoms with van der Waals surface area (Å²) < 4.78 is 6.81. The lowest BCUT2D eigenvalue weighted by molar-refractivity contribution is -0.115. The van der Waals surface area contributed by atoms with Gasteiger partial charge in [-0.25, -0.2) is 4.68 Å². The van der Waals surface area contributed by atoms with Crippen molar-refractivity contribution in [2.24, 2.45) is 5.73 Å². The number of hydrogen-bond donors (Lipinski definition) is 2. The van der Waals surface area contributed by atoms with Crippen molar-refractivity contribution in [2.75, 3.05) is 12.4 Å². The van der Waals surface area contributed by atoms with E-state index in [0.717, 1.165) is 11.3 Å². The molecule has 3 aromatic rings. The van der Waals surface area contributed by atoms with Gasteiger partial charge < -0.3 is 15.8 Å². The highest BCUT2D eigenvalue weighted by molar-refractivity contribution is 6.35. The zero-order valence-electron chi connectivity index (χ0n) is 15.6. The first-order chi connectivity index (χ1) is 13.9. The molecule has 1 atom stereocenters. The second kappa shape index (κ2) is 7.42. The minimum absolute atomic E-state index is 0.355.